The van der Waals surface area contributed by atoms with Crippen LogP contribution in [-0.4, -0.2) is 11.5 Å². The van der Waals surface area contributed by atoms with Gasteiger partial charge in [-0.1, -0.05) is 29.8 Å². The molecule has 0 radical (unpaired) electrons. The van der Waals surface area contributed by atoms with Crippen molar-refractivity contribution in [3.8, 4) is 0 Å². The Labute approximate surface area is 107 Å². The van der Waals surface area contributed by atoms with Crippen LogP contribution in [0.4, 0.5) is 0 Å². The van der Waals surface area contributed by atoms with E-state index >= 15 is 0 Å². The molecule has 2 rings (SSSR count). The molecule has 0 aliphatic heterocycles. The topological polar surface area (TPSA) is 24.9 Å². The summed E-state index contributed by atoms with van der Waals surface area (Å²) in [4.78, 5) is 5.65. The maximum Gasteiger partial charge on any atom is 0.0797 e. The third-order valence-electron chi connectivity index (χ3n) is 2.79. The fourth-order valence-electron chi connectivity index (χ4n) is 1.82. The quantitative estimate of drug-likeness (QED) is 0.820. The van der Waals surface area contributed by atoms with Crippen LogP contribution in [0.1, 0.15) is 21.7 Å². The number of thiazole rings is 1. The second-order valence-corrected chi connectivity index (χ2v) is 5.22. The van der Waals surface area contributed by atoms with Crippen LogP contribution in [0.3, 0.4) is 0 Å². The second-order valence-electron chi connectivity index (χ2n) is 4.28. The monoisotopic (exact) mass is 246 g/mol. The lowest BCUT2D eigenvalue weighted by Crippen LogP contribution is -2.16. The van der Waals surface area contributed by atoms with Crippen molar-refractivity contribution >= 4 is 11.3 Å². The van der Waals surface area contributed by atoms with Gasteiger partial charge in [0, 0.05) is 18.0 Å². The molecule has 0 saturated heterocycles. The Morgan fingerprint density at radius 3 is 2.88 bits per heavy atom. The van der Waals surface area contributed by atoms with Crippen molar-refractivity contribution in [3.63, 3.8) is 0 Å². The lowest BCUT2D eigenvalue weighted by atomic mass is 10.1. The second kappa shape index (κ2) is 5.94. The molecule has 0 saturated carbocycles. The standard InChI is InChI=1S/C14H18N2S/c1-11-4-3-5-13(8-11)9-15-7-6-14-12(2)16-10-17-14/h3-5,8,10,15H,6-7,9H2,1-2H3. The number of benzene rings is 1. The van der Waals surface area contributed by atoms with E-state index < -0.39 is 0 Å². The first-order chi connectivity index (χ1) is 8.25. The van der Waals surface area contributed by atoms with Crippen molar-refractivity contribution in [2.75, 3.05) is 6.54 Å². The minimum Gasteiger partial charge on any atom is -0.312 e. The van der Waals surface area contributed by atoms with Gasteiger partial charge in [-0.15, -0.1) is 11.3 Å². The van der Waals surface area contributed by atoms with E-state index in [1.54, 1.807) is 11.3 Å². The largest absolute Gasteiger partial charge is 0.312 e. The molecule has 0 unspecified atom stereocenters. The van der Waals surface area contributed by atoms with Crippen molar-refractivity contribution in [2.45, 2.75) is 26.8 Å². The molecule has 17 heavy (non-hydrogen) atoms. The van der Waals surface area contributed by atoms with Crippen LogP contribution in [0, 0.1) is 13.8 Å². The number of hydrogen-bond acceptors (Lipinski definition) is 3. The Balaban J connectivity index is 1.75. The average molecular weight is 246 g/mol. The minimum absolute atomic E-state index is 0.944. The highest BCUT2D eigenvalue weighted by Gasteiger charge is 2.00. The van der Waals surface area contributed by atoms with Crippen LogP contribution >= 0.6 is 11.3 Å². The number of nitrogens with one attached hydrogen (secondary N) is 1. The first kappa shape index (κ1) is 12.3. The third-order valence-corrected chi connectivity index (χ3v) is 3.78. The van der Waals surface area contributed by atoms with E-state index in [-0.39, 0.29) is 0 Å². The van der Waals surface area contributed by atoms with Crippen LogP contribution < -0.4 is 5.32 Å². The Hall–Kier alpha value is -1.19. The summed E-state index contributed by atoms with van der Waals surface area (Å²) in [5.41, 5.74) is 5.77. The molecule has 0 atom stereocenters. The third kappa shape index (κ3) is 3.65. The van der Waals surface area contributed by atoms with Crippen molar-refractivity contribution in [2.24, 2.45) is 0 Å². The van der Waals surface area contributed by atoms with E-state index in [9.17, 15) is 0 Å². The van der Waals surface area contributed by atoms with Crippen molar-refractivity contribution in [1.29, 1.82) is 0 Å². The fourth-order valence-corrected chi connectivity index (χ4v) is 2.60. The molecule has 2 aromatic rings. The molecule has 1 aromatic heterocycles. The maximum atomic E-state index is 4.26. The highest BCUT2D eigenvalue weighted by Crippen LogP contribution is 2.12. The lowest BCUT2D eigenvalue weighted by Gasteiger charge is -2.05. The summed E-state index contributed by atoms with van der Waals surface area (Å²) >= 11 is 1.75. The Morgan fingerprint density at radius 2 is 2.18 bits per heavy atom. The van der Waals surface area contributed by atoms with Gasteiger partial charge in [-0.3, -0.25) is 0 Å². The summed E-state index contributed by atoms with van der Waals surface area (Å²) in [5.74, 6) is 0. The van der Waals surface area contributed by atoms with Gasteiger partial charge in [0.2, 0.25) is 0 Å². The molecule has 0 aliphatic carbocycles. The van der Waals surface area contributed by atoms with Gasteiger partial charge >= 0.3 is 0 Å². The highest BCUT2D eigenvalue weighted by atomic mass is 32.1. The molecule has 0 aliphatic rings. The van der Waals surface area contributed by atoms with Crippen molar-refractivity contribution in [1.82, 2.24) is 10.3 Å². The van der Waals surface area contributed by atoms with Crippen molar-refractivity contribution < 1.29 is 0 Å². The maximum absolute atomic E-state index is 4.26. The van der Waals surface area contributed by atoms with Crippen LogP contribution in [0.15, 0.2) is 29.8 Å². The number of rotatable bonds is 5. The molecular formula is C14H18N2S. The fraction of sp³-hybridized carbons (Fsp3) is 0.357. The molecule has 3 heteroatoms. The SMILES string of the molecule is Cc1cccc(CNCCc2scnc2C)c1. The first-order valence-corrected chi connectivity index (χ1v) is 6.79. The minimum atomic E-state index is 0.944. The van der Waals surface area contributed by atoms with Crippen LogP contribution in [0.2, 0.25) is 0 Å². The predicted molar refractivity (Wildman–Crippen MR) is 73.4 cm³/mol. The summed E-state index contributed by atoms with van der Waals surface area (Å²) in [6.45, 7) is 6.16. The van der Waals surface area contributed by atoms with Gasteiger partial charge in [-0.25, -0.2) is 4.98 Å². The summed E-state index contributed by atoms with van der Waals surface area (Å²) in [6.07, 6.45) is 1.07. The van der Waals surface area contributed by atoms with Gasteiger partial charge in [-0.05, 0) is 25.8 Å². The molecule has 1 aromatic carbocycles. The first-order valence-electron chi connectivity index (χ1n) is 5.91. The Morgan fingerprint density at radius 1 is 1.29 bits per heavy atom. The molecular weight excluding hydrogens is 228 g/mol. The number of aromatic nitrogens is 1. The van der Waals surface area contributed by atoms with Gasteiger partial charge in [0.05, 0.1) is 11.2 Å². The highest BCUT2D eigenvalue weighted by molar-refractivity contribution is 7.09. The number of hydrogen-bond donors (Lipinski definition) is 1. The summed E-state index contributed by atoms with van der Waals surface area (Å²) in [7, 11) is 0. The normalized spacial score (nSPS) is 10.7. The van der Waals surface area contributed by atoms with E-state index in [1.807, 2.05) is 5.51 Å². The van der Waals surface area contributed by atoms with Crippen LogP contribution in [0.25, 0.3) is 0 Å². The summed E-state index contributed by atoms with van der Waals surface area (Å²) in [5, 5.41) is 3.47. The molecule has 1 N–H and O–H groups in total. The van der Waals surface area contributed by atoms with E-state index in [4.69, 9.17) is 0 Å². The predicted octanol–water partition coefficient (Wildman–Crippen LogP) is 3.09. The van der Waals surface area contributed by atoms with Gasteiger partial charge < -0.3 is 5.32 Å². The lowest BCUT2D eigenvalue weighted by molar-refractivity contribution is 0.688. The zero-order chi connectivity index (χ0) is 12.1. The molecule has 0 bridgehead atoms. The molecule has 0 fully saturated rings. The molecule has 2 nitrogen and oxygen atoms in total. The van der Waals surface area contributed by atoms with E-state index in [2.05, 4.69) is 48.4 Å². The van der Waals surface area contributed by atoms with Gasteiger partial charge in [0.25, 0.3) is 0 Å². The van der Waals surface area contributed by atoms with Gasteiger partial charge in [-0.2, -0.15) is 0 Å². The van der Waals surface area contributed by atoms with E-state index in [0.29, 0.717) is 0 Å². The van der Waals surface area contributed by atoms with E-state index in [1.165, 1.54) is 21.7 Å². The number of aryl methyl sites for hydroxylation is 2. The summed E-state index contributed by atoms with van der Waals surface area (Å²) < 4.78 is 0. The van der Waals surface area contributed by atoms with Crippen LogP contribution in [-0.2, 0) is 13.0 Å². The Bertz CT molecular complexity index is 477. The summed E-state index contributed by atoms with van der Waals surface area (Å²) in [6, 6.07) is 8.63. The molecule has 1 heterocycles. The number of nitrogens with zero attached hydrogens (tertiary/aromatic N) is 1. The zero-order valence-electron chi connectivity index (χ0n) is 10.4. The Kier molecular flexibility index (Phi) is 4.29. The van der Waals surface area contributed by atoms with Gasteiger partial charge in [0.1, 0.15) is 0 Å². The average Bonchev–Trinajstić information content (AvgIpc) is 2.71. The van der Waals surface area contributed by atoms with Gasteiger partial charge in [0.15, 0.2) is 0 Å². The van der Waals surface area contributed by atoms with E-state index in [0.717, 1.165) is 19.5 Å². The molecule has 90 valence electrons. The smallest absolute Gasteiger partial charge is 0.0797 e. The molecule has 0 amide bonds. The van der Waals surface area contributed by atoms with Crippen LogP contribution in [0.5, 0.6) is 0 Å². The van der Waals surface area contributed by atoms with Crippen molar-refractivity contribution in [3.05, 3.63) is 51.5 Å². The molecule has 0 spiro atoms. The zero-order valence-corrected chi connectivity index (χ0v) is 11.2.